The Kier molecular flexibility index (Phi) is 0.847. The van der Waals surface area contributed by atoms with Crippen LogP contribution in [0.25, 0.3) is 5.57 Å². The number of hydrogen-bond acceptors (Lipinski definition) is 3. The molecule has 50 valence electrons. The van der Waals surface area contributed by atoms with Gasteiger partial charge < -0.3 is 5.73 Å². The van der Waals surface area contributed by atoms with E-state index in [1.54, 1.807) is 0 Å². The lowest BCUT2D eigenvalue weighted by Gasteiger charge is -1.88. The number of rotatable bonds is 0. The molecule has 0 spiro atoms. The molecule has 0 amide bonds. The molecule has 2 N–H and O–H groups in total. The minimum Gasteiger partial charge on any atom is -0.381 e. The maximum Gasteiger partial charge on any atom is 0.171 e. The van der Waals surface area contributed by atoms with Gasteiger partial charge in [-0.2, -0.15) is 0 Å². The van der Waals surface area contributed by atoms with Crippen molar-refractivity contribution in [1.82, 2.24) is 9.97 Å². The fourth-order valence-electron chi connectivity index (χ4n) is 0.767. The largest absolute Gasteiger partial charge is 0.381 e. The molecule has 0 aromatic carbocycles. The number of halogens is 1. The van der Waals surface area contributed by atoms with Gasteiger partial charge in [-0.1, -0.05) is 18.2 Å². The number of anilines is 1. The molecule has 4 heteroatoms. The first-order valence-corrected chi connectivity index (χ1v) is 3.10. The van der Waals surface area contributed by atoms with Gasteiger partial charge in [-0.15, -0.1) is 0 Å². The summed E-state index contributed by atoms with van der Waals surface area (Å²) >= 11 is 5.57. The van der Waals surface area contributed by atoms with Crippen molar-refractivity contribution in [3.05, 3.63) is 23.1 Å². The Hall–Kier alpha value is -1.09. The van der Waals surface area contributed by atoms with E-state index in [1.807, 2.05) is 0 Å². The van der Waals surface area contributed by atoms with Crippen LogP contribution in [0.3, 0.4) is 0 Å². The third-order valence-electron chi connectivity index (χ3n) is 1.39. The zero-order valence-corrected chi connectivity index (χ0v) is 5.81. The first-order valence-electron chi connectivity index (χ1n) is 2.73. The van der Waals surface area contributed by atoms with E-state index in [9.17, 15) is 0 Å². The Morgan fingerprint density at radius 1 is 1.30 bits per heavy atom. The van der Waals surface area contributed by atoms with Gasteiger partial charge in [0.1, 0.15) is 11.4 Å². The Morgan fingerprint density at radius 3 is 2.50 bits per heavy atom. The standard InChI is InChI=1S/C6H4ClN3/c1-2-3-4(2)10-6(8)5(7)9-3/h1H2,(H2,8,10). The average Bonchev–Trinajstić information content (AvgIpc) is 2.46. The summed E-state index contributed by atoms with van der Waals surface area (Å²) < 4.78 is 0. The summed E-state index contributed by atoms with van der Waals surface area (Å²) in [6.07, 6.45) is 0. The molecule has 0 atom stereocenters. The summed E-state index contributed by atoms with van der Waals surface area (Å²) in [5.41, 5.74) is 7.80. The summed E-state index contributed by atoms with van der Waals surface area (Å²) in [5.74, 6) is 0.277. The van der Waals surface area contributed by atoms with Crippen molar-refractivity contribution in [2.75, 3.05) is 5.73 Å². The van der Waals surface area contributed by atoms with Crippen molar-refractivity contribution in [3.63, 3.8) is 0 Å². The van der Waals surface area contributed by atoms with Crippen LogP contribution in [0, 0.1) is 0 Å². The van der Waals surface area contributed by atoms with E-state index in [0.717, 1.165) is 17.0 Å². The quantitative estimate of drug-likeness (QED) is 0.617. The summed E-state index contributed by atoms with van der Waals surface area (Å²) in [7, 11) is 0. The highest BCUT2D eigenvalue weighted by atomic mass is 35.5. The SMILES string of the molecule is C=C1c2nc(N)c(Cl)nc21. The van der Waals surface area contributed by atoms with Gasteiger partial charge in [0.05, 0.1) is 0 Å². The van der Waals surface area contributed by atoms with E-state index in [1.165, 1.54) is 0 Å². The number of aromatic nitrogens is 2. The van der Waals surface area contributed by atoms with Gasteiger partial charge in [-0.25, -0.2) is 9.97 Å². The zero-order valence-electron chi connectivity index (χ0n) is 5.06. The van der Waals surface area contributed by atoms with Gasteiger partial charge in [0, 0.05) is 5.57 Å². The smallest absolute Gasteiger partial charge is 0.171 e. The van der Waals surface area contributed by atoms with Crippen LogP contribution in [0.5, 0.6) is 0 Å². The Labute approximate surface area is 62.5 Å². The molecule has 2 rings (SSSR count). The van der Waals surface area contributed by atoms with Gasteiger partial charge in [-0.3, -0.25) is 0 Å². The second-order valence-electron chi connectivity index (χ2n) is 2.08. The monoisotopic (exact) mass is 153 g/mol. The highest BCUT2D eigenvalue weighted by molar-refractivity contribution is 6.31. The third-order valence-corrected chi connectivity index (χ3v) is 1.67. The van der Waals surface area contributed by atoms with Gasteiger partial charge in [0.25, 0.3) is 0 Å². The van der Waals surface area contributed by atoms with Crippen molar-refractivity contribution in [3.8, 4) is 0 Å². The molecule has 0 bridgehead atoms. The van der Waals surface area contributed by atoms with Crippen LogP contribution in [-0.4, -0.2) is 9.97 Å². The molecule has 1 aliphatic rings. The van der Waals surface area contributed by atoms with Gasteiger partial charge in [0.15, 0.2) is 11.0 Å². The van der Waals surface area contributed by atoms with E-state index in [2.05, 4.69) is 16.5 Å². The van der Waals surface area contributed by atoms with Crippen LogP contribution >= 0.6 is 11.6 Å². The molecule has 1 aliphatic carbocycles. The number of fused-ring (bicyclic) bond motifs is 1. The first kappa shape index (κ1) is 5.68. The number of nitrogens with two attached hydrogens (primary N) is 1. The summed E-state index contributed by atoms with van der Waals surface area (Å²) in [5, 5.41) is 0.261. The maximum atomic E-state index is 5.57. The van der Waals surface area contributed by atoms with E-state index in [0.29, 0.717) is 0 Å². The lowest BCUT2D eigenvalue weighted by Crippen LogP contribution is -1.91. The Bertz CT molecular complexity index is 301. The molecule has 0 saturated carbocycles. The molecule has 0 saturated heterocycles. The van der Waals surface area contributed by atoms with Crippen LogP contribution in [0.1, 0.15) is 11.4 Å². The molecular weight excluding hydrogens is 150 g/mol. The van der Waals surface area contributed by atoms with Crippen LogP contribution < -0.4 is 5.73 Å². The van der Waals surface area contributed by atoms with Gasteiger partial charge in [0.2, 0.25) is 0 Å². The minimum absolute atomic E-state index is 0.261. The molecule has 1 aromatic rings. The van der Waals surface area contributed by atoms with Crippen molar-refractivity contribution < 1.29 is 0 Å². The summed E-state index contributed by atoms with van der Waals surface area (Å²) in [6, 6.07) is 0. The average molecular weight is 154 g/mol. The van der Waals surface area contributed by atoms with Crippen molar-refractivity contribution in [1.29, 1.82) is 0 Å². The Balaban J connectivity index is 2.68. The maximum absolute atomic E-state index is 5.57. The van der Waals surface area contributed by atoms with Gasteiger partial charge in [-0.05, 0) is 0 Å². The second kappa shape index (κ2) is 1.49. The van der Waals surface area contributed by atoms with Crippen LogP contribution in [0.4, 0.5) is 5.82 Å². The fourth-order valence-corrected chi connectivity index (χ4v) is 0.894. The number of nitrogen functional groups attached to an aromatic ring is 1. The van der Waals surface area contributed by atoms with E-state index in [4.69, 9.17) is 17.3 Å². The predicted octanol–water partition coefficient (Wildman–Crippen LogP) is 1.09. The lowest BCUT2D eigenvalue weighted by molar-refractivity contribution is 1.24. The zero-order chi connectivity index (χ0) is 7.30. The molecule has 0 unspecified atom stereocenters. The molecule has 1 aromatic heterocycles. The Morgan fingerprint density at radius 2 is 1.90 bits per heavy atom. The number of hydrogen-bond donors (Lipinski definition) is 1. The molecule has 0 radical (unpaired) electrons. The van der Waals surface area contributed by atoms with Gasteiger partial charge >= 0.3 is 0 Å². The number of nitrogens with zero attached hydrogens (tertiary/aromatic N) is 2. The van der Waals surface area contributed by atoms with Crippen molar-refractivity contribution >= 4 is 23.0 Å². The minimum atomic E-state index is 0.261. The van der Waals surface area contributed by atoms with E-state index >= 15 is 0 Å². The van der Waals surface area contributed by atoms with Crippen LogP contribution in [0.15, 0.2) is 6.58 Å². The first-order chi connectivity index (χ1) is 4.70. The van der Waals surface area contributed by atoms with Crippen molar-refractivity contribution in [2.45, 2.75) is 0 Å². The predicted molar refractivity (Wildman–Crippen MR) is 39.6 cm³/mol. The molecule has 10 heavy (non-hydrogen) atoms. The third kappa shape index (κ3) is 0.552. The second-order valence-corrected chi connectivity index (χ2v) is 2.43. The normalized spacial score (nSPS) is 13.1. The van der Waals surface area contributed by atoms with Crippen LogP contribution in [0.2, 0.25) is 5.15 Å². The highest BCUT2D eigenvalue weighted by Crippen LogP contribution is 2.38. The molecular formula is C6H4ClN3. The van der Waals surface area contributed by atoms with Crippen molar-refractivity contribution in [2.24, 2.45) is 0 Å². The van der Waals surface area contributed by atoms with E-state index < -0.39 is 0 Å². The van der Waals surface area contributed by atoms with E-state index in [-0.39, 0.29) is 11.0 Å². The lowest BCUT2D eigenvalue weighted by atomic mass is 10.6. The molecule has 1 heterocycles. The highest BCUT2D eigenvalue weighted by Gasteiger charge is 2.28. The molecule has 3 nitrogen and oxygen atoms in total. The van der Waals surface area contributed by atoms with Crippen LogP contribution in [-0.2, 0) is 0 Å². The molecule has 0 aliphatic heterocycles. The summed E-state index contributed by atoms with van der Waals surface area (Å²) in [6.45, 7) is 3.68. The molecule has 0 fully saturated rings. The summed E-state index contributed by atoms with van der Waals surface area (Å²) in [4.78, 5) is 7.86. The topological polar surface area (TPSA) is 51.8 Å². The fraction of sp³-hybridized carbons (Fsp3) is 0.